The Bertz CT molecular complexity index is 902. The van der Waals surface area contributed by atoms with E-state index in [1.54, 1.807) is 4.90 Å². The summed E-state index contributed by atoms with van der Waals surface area (Å²) in [4.78, 5) is 14.1. The smallest absolute Gasteiger partial charge is 0.247 e. The predicted octanol–water partition coefficient (Wildman–Crippen LogP) is 3.00. The topological polar surface area (TPSA) is 71.3 Å². The number of aromatic nitrogens is 2. The van der Waals surface area contributed by atoms with E-state index < -0.39 is 0 Å². The lowest BCUT2D eigenvalue weighted by atomic mass is 10.1. The van der Waals surface area contributed by atoms with Gasteiger partial charge in [0.25, 0.3) is 0 Å². The fourth-order valence-electron chi connectivity index (χ4n) is 2.84. The average Bonchev–Trinajstić information content (AvgIpc) is 3.03. The van der Waals surface area contributed by atoms with Crippen molar-refractivity contribution in [3.05, 3.63) is 65.5 Å². The van der Waals surface area contributed by atoms with Gasteiger partial charge in [0.2, 0.25) is 17.7 Å². The van der Waals surface area contributed by atoms with Gasteiger partial charge in [-0.1, -0.05) is 35.9 Å². The number of hydrogen-bond donors (Lipinski definition) is 1. The first kappa shape index (κ1) is 15.4. The molecule has 0 bridgehead atoms. The van der Waals surface area contributed by atoms with Crippen LogP contribution in [-0.2, 0) is 17.9 Å². The Labute approximate surface area is 145 Å². The van der Waals surface area contributed by atoms with E-state index in [9.17, 15) is 4.79 Å². The molecule has 2 heterocycles. The summed E-state index contributed by atoms with van der Waals surface area (Å²) in [6.45, 7) is 3.10. The molecule has 2 aromatic carbocycles. The highest BCUT2D eigenvalue weighted by atomic mass is 16.4. The molecule has 1 amide bonds. The summed E-state index contributed by atoms with van der Waals surface area (Å²) in [6.07, 6.45) is 0. The SMILES string of the molecule is Cc1ccc(-c2nnc(CN3Cc4ccccc4NCC3=O)o2)cc1. The van der Waals surface area contributed by atoms with Crippen molar-refractivity contribution < 1.29 is 9.21 Å². The summed E-state index contributed by atoms with van der Waals surface area (Å²) in [6, 6.07) is 15.8. The largest absolute Gasteiger partial charge is 0.419 e. The van der Waals surface area contributed by atoms with Crippen molar-refractivity contribution in [3.63, 3.8) is 0 Å². The fraction of sp³-hybridized carbons (Fsp3) is 0.211. The predicted molar refractivity (Wildman–Crippen MR) is 93.7 cm³/mol. The van der Waals surface area contributed by atoms with Crippen LogP contribution in [0.5, 0.6) is 0 Å². The van der Waals surface area contributed by atoms with Crippen molar-refractivity contribution in [1.29, 1.82) is 0 Å². The van der Waals surface area contributed by atoms with Gasteiger partial charge in [0, 0.05) is 17.8 Å². The van der Waals surface area contributed by atoms with Crippen LogP contribution >= 0.6 is 0 Å². The minimum absolute atomic E-state index is 0.00582. The van der Waals surface area contributed by atoms with Gasteiger partial charge in [0.15, 0.2) is 0 Å². The van der Waals surface area contributed by atoms with E-state index in [0.29, 0.717) is 24.9 Å². The molecule has 0 atom stereocenters. The number of anilines is 1. The zero-order valence-corrected chi connectivity index (χ0v) is 13.9. The Morgan fingerprint density at radius 1 is 1.12 bits per heavy atom. The van der Waals surface area contributed by atoms with Gasteiger partial charge in [-0.15, -0.1) is 10.2 Å². The second-order valence-corrected chi connectivity index (χ2v) is 6.13. The number of rotatable bonds is 3. The van der Waals surface area contributed by atoms with Crippen LogP contribution in [0, 0.1) is 6.92 Å². The molecule has 0 saturated carbocycles. The molecule has 0 fully saturated rings. The van der Waals surface area contributed by atoms with Gasteiger partial charge in [-0.3, -0.25) is 4.79 Å². The van der Waals surface area contributed by atoms with Gasteiger partial charge in [-0.05, 0) is 30.7 Å². The number of para-hydroxylation sites is 1. The van der Waals surface area contributed by atoms with E-state index in [2.05, 4.69) is 15.5 Å². The Morgan fingerprint density at radius 2 is 1.92 bits per heavy atom. The van der Waals surface area contributed by atoms with E-state index in [-0.39, 0.29) is 12.5 Å². The fourth-order valence-corrected chi connectivity index (χ4v) is 2.84. The van der Waals surface area contributed by atoms with Crippen LogP contribution in [0.25, 0.3) is 11.5 Å². The Morgan fingerprint density at radius 3 is 2.76 bits per heavy atom. The number of amides is 1. The summed E-state index contributed by atoms with van der Waals surface area (Å²) < 4.78 is 5.75. The summed E-state index contributed by atoms with van der Waals surface area (Å²) in [7, 11) is 0. The van der Waals surface area contributed by atoms with Gasteiger partial charge >= 0.3 is 0 Å². The molecule has 0 saturated heterocycles. The van der Waals surface area contributed by atoms with Crippen LogP contribution in [0.1, 0.15) is 17.0 Å². The molecule has 4 rings (SSSR count). The summed E-state index contributed by atoms with van der Waals surface area (Å²) >= 11 is 0. The zero-order valence-electron chi connectivity index (χ0n) is 13.9. The molecule has 1 aliphatic rings. The maximum absolute atomic E-state index is 12.4. The normalized spacial score (nSPS) is 14.0. The Hall–Kier alpha value is -3.15. The van der Waals surface area contributed by atoms with E-state index in [4.69, 9.17) is 4.42 Å². The maximum Gasteiger partial charge on any atom is 0.247 e. The summed E-state index contributed by atoms with van der Waals surface area (Å²) in [5.41, 5.74) is 4.11. The minimum Gasteiger partial charge on any atom is -0.419 e. The maximum atomic E-state index is 12.4. The van der Waals surface area contributed by atoms with Crippen molar-refractivity contribution in [2.45, 2.75) is 20.0 Å². The lowest BCUT2D eigenvalue weighted by Crippen LogP contribution is -2.32. The lowest BCUT2D eigenvalue weighted by molar-refractivity contribution is -0.130. The summed E-state index contributed by atoms with van der Waals surface area (Å²) in [5.74, 6) is 0.908. The summed E-state index contributed by atoms with van der Waals surface area (Å²) in [5, 5.41) is 11.4. The molecule has 0 spiro atoms. The first-order chi connectivity index (χ1) is 12.2. The van der Waals surface area contributed by atoms with Gasteiger partial charge < -0.3 is 14.6 Å². The van der Waals surface area contributed by atoms with E-state index >= 15 is 0 Å². The van der Waals surface area contributed by atoms with Crippen molar-refractivity contribution in [2.75, 3.05) is 11.9 Å². The molecule has 0 unspecified atom stereocenters. The first-order valence-corrected chi connectivity index (χ1v) is 8.18. The van der Waals surface area contributed by atoms with E-state index in [0.717, 1.165) is 16.8 Å². The molecule has 6 nitrogen and oxygen atoms in total. The van der Waals surface area contributed by atoms with E-state index in [1.165, 1.54) is 5.56 Å². The van der Waals surface area contributed by atoms with Crippen LogP contribution in [0.15, 0.2) is 52.9 Å². The highest BCUT2D eigenvalue weighted by molar-refractivity contribution is 5.82. The third-order valence-corrected chi connectivity index (χ3v) is 4.25. The quantitative estimate of drug-likeness (QED) is 0.797. The molecular weight excluding hydrogens is 316 g/mol. The number of nitrogens with zero attached hydrogens (tertiary/aromatic N) is 3. The highest BCUT2D eigenvalue weighted by Crippen LogP contribution is 2.23. The number of aryl methyl sites for hydroxylation is 1. The van der Waals surface area contributed by atoms with Crippen molar-refractivity contribution >= 4 is 11.6 Å². The van der Waals surface area contributed by atoms with Gasteiger partial charge in [-0.2, -0.15) is 0 Å². The van der Waals surface area contributed by atoms with Crippen molar-refractivity contribution in [3.8, 4) is 11.5 Å². The van der Waals surface area contributed by atoms with Crippen molar-refractivity contribution in [1.82, 2.24) is 15.1 Å². The highest BCUT2D eigenvalue weighted by Gasteiger charge is 2.22. The van der Waals surface area contributed by atoms with Crippen LogP contribution in [0.3, 0.4) is 0 Å². The van der Waals surface area contributed by atoms with Crippen molar-refractivity contribution in [2.24, 2.45) is 0 Å². The Balaban J connectivity index is 1.54. The van der Waals surface area contributed by atoms with Gasteiger partial charge in [0.1, 0.15) is 0 Å². The third-order valence-electron chi connectivity index (χ3n) is 4.25. The molecule has 1 aliphatic heterocycles. The molecule has 0 radical (unpaired) electrons. The minimum atomic E-state index is 0.00582. The molecule has 126 valence electrons. The third kappa shape index (κ3) is 3.24. The standard InChI is InChI=1S/C19H18N4O2/c1-13-6-8-14(9-7-13)19-22-21-17(25-19)12-23-11-15-4-2-3-5-16(15)20-10-18(23)24/h2-9,20H,10-12H2,1H3. The van der Waals surface area contributed by atoms with Crippen LogP contribution in [0.2, 0.25) is 0 Å². The van der Waals surface area contributed by atoms with Crippen LogP contribution < -0.4 is 5.32 Å². The number of carbonyl (C=O) groups is 1. The average molecular weight is 334 g/mol. The van der Waals surface area contributed by atoms with Crippen LogP contribution in [0.4, 0.5) is 5.69 Å². The molecule has 1 aromatic heterocycles. The van der Waals surface area contributed by atoms with Crippen LogP contribution in [-0.4, -0.2) is 27.5 Å². The van der Waals surface area contributed by atoms with E-state index in [1.807, 2.05) is 55.5 Å². The molecule has 6 heteroatoms. The monoisotopic (exact) mass is 334 g/mol. The number of nitrogens with one attached hydrogen (secondary N) is 1. The number of carbonyl (C=O) groups excluding carboxylic acids is 1. The molecular formula is C19H18N4O2. The lowest BCUT2D eigenvalue weighted by Gasteiger charge is -2.18. The molecule has 1 N–H and O–H groups in total. The zero-order chi connectivity index (χ0) is 17.2. The Kier molecular flexibility index (Phi) is 3.93. The molecule has 3 aromatic rings. The van der Waals surface area contributed by atoms with Gasteiger partial charge in [-0.25, -0.2) is 0 Å². The first-order valence-electron chi connectivity index (χ1n) is 8.18. The second kappa shape index (κ2) is 6.39. The second-order valence-electron chi connectivity index (χ2n) is 6.13. The molecule has 0 aliphatic carbocycles. The number of hydrogen-bond acceptors (Lipinski definition) is 5. The number of fused-ring (bicyclic) bond motifs is 1. The van der Waals surface area contributed by atoms with Gasteiger partial charge in [0.05, 0.1) is 13.1 Å². The number of benzene rings is 2. The molecule has 25 heavy (non-hydrogen) atoms.